The quantitative estimate of drug-likeness (QED) is 0.312. The molecule has 6 rings (SSSR count). The van der Waals surface area contributed by atoms with Gasteiger partial charge in [-0.3, -0.25) is 4.79 Å². The van der Waals surface area contributed by atoms with Crippen LogP contribution in [0.3, 0.4) is 0 Å². The summed E-state index contributed by atoms with van der Waals surface area (Å²) < 4.78 is 0. The number of aryl methyl sites for hydroxylation is 1. The van der Waals surface area contributed by atoms with Gasteiger partial charge in [0.15, 0.2) is 0 Å². The summed E-state index contributed by atoms with van der Waals surface area (Å²) in [6, 6.07) is 16.5. The molecule has 1 aliphatic rings. The normalized spacial score (nSPS) is 14.1. The molecule has 0 spiro atoms. The fraction of sp³-hybridized carbons (Fsp3) is 0.233. The second kappa shape index (κ2) is 8.76. The zero-order valence-electron chi connectivity index (χ0n) is 22.1. The first-order valence-corrected chi connectivity index (χ1v) is 12.6. The van der Waals surface area contributed by atoms with Crippen LogP contribution in [-0.4, -0.2) is 39.4 Å². The van der Waals surface area contributed by atoms with E-state index in [1.54, 1.807) is 13.3 Å². The first kappa shape index (κ1) is 23.8. The van der Waals surface area contributed by atoms with Crippen LogP contribution in [0.2, 0.25) is 0 Å². The molecular formula is C30H29N7O. The first-order valence-electron chi connectivity index (χ1n) is 12.6. The molecule has 0 atom stereocenters. The molecule has 2 N–H and O–H groups in total. The third-order valence-corrected chi connectivity index (χ3v) is 7.32. The van der Waals surface area contributed by atoms with Crippen LogP contribution in [0.1, 0.15) is 31.9 Å². The highest BCUT2D eigenvalue weighted by Crippen LogP contribution is 2.42. The van der Waals surface area contributed by atoms with Crippen LogP contribution in [-0.2, 0) is 10.2 Å². The lowest BCUT2D eigenvalue weighted by Gasteiger charge is -2.19. The van der Waals surface area contributed by atoms with Gasteiger partial charge < -0.3 is 15.5 Å². The van der Waals surface area contributed by atoms with E-state index < -0.39 is 0 Å². The van der Waals surface area contributed by atoms with Crippen LogP contribution in [0, 0.1) is 6.92 Å². The van der Waals surface area contributed by atoms with Crippen LogP contribution in [0.25, 0.3) is 32.9 Å². The van der Waals surface area contributed by atoms with Crippen LogP contribution < -0.4 is 15.5 Å². The van der Waals surface area contributed by atoms with Crippen LogP contribution in [0.15, 0.2) is 61.1 Å². The number of carbonyl (C=O) groups is 1. The van der Waals surface area contributed by atoms with Gasteiger partial charge in [0.05, 0.1) is 11.0 Å². The van der Waals surface area contributed by atoms with E-state index in [1.165, 1.54) is 5.56 Å². The molecule has 38 heavy (non-hydrogen) atoms. The van der Waals surface area contributed by atoms with Crippen molar-refractivity contribution in [2.75, 3.05) is 29.1 Å². The van der Waals surface area contributed by atoms with Gasteiger partial charge in [-0.2, -0.15) is 0 Å². The van der Waals surface area contributed by atoms with Crippen LogP contribution in [0.4, 0.5) is 23.1 Å². The average Bonchev–Trinajstić information content (AvgIpc) is 3.18. The number of nitrogens with one attached hydrogen (secondary N) is 2. The Balaban J connectivity index is 1.43. The lowest BCUT2D eigenvalue weighted by molar-refractivity contribution is -0.116. The topological polar surface area (TPSA) is 95.9 Å². The largest absolute Gasteiger partial charge is 0.357 e. The molecule has 0 fully saturated rings. The second-order valence-electron chi connectivity index (χ2n) is 10.4. The fourth-order valence-corrected chi connectivity index (χ4v) is 5.39. The van der Waals surface area contributed by atoms with Crippen molar-refractivity contribution < 1.29 is 4.79 Å². The molecule has 0 unspecified atom stereocenters. The zero-order valence-corrected chi connectivity index (χ0v) is 22.1. The third-order valence-electron chi connectivity index (χ3n) is 7.32. The number of aromatic nitrogens is 4. The van der Waals surface area contributed by atoms with Gasteiger partial charge in [-0.1, -0.05) is 32.0 Å². The number of rotatable bonds is 4. The van der Waals surface area contributed by atoms with Gasteiger partial charge in [0, 0.05) is 59.8 Å². The minimum atomic E-state index is -0.0902. The van der Waals surface area contributed by atoms with E-state index >= 15 is 0 Å². The molecule has 0 aliphatic carbocycles. The Bertz CT molecular complexity index is 1740. The maximum atomic E-state index is 12.3. The van der Waals surface area contributed by atoms with Crippen molar-refractivity contribution in [3.8, 4) is 11.1 Å². The maximum absolute atomic E-state index is 12.3. The number of benzene rings is 3. The van der Waals surface area contributed by atoms with Crippen molar-refractivity contribution in [2.45, 2.75) is 33.1 Å². The van der Waals surface area contributed by atoms with E-state index in [2.05, 4.69) is 82.8 Å². The highest BCUT2D eigenvalue weighted by atomic mass is 16.2. The molecule has 3 heterocycles. The Morgan fingerprint density at radius 1 is 1.03 bits per heavy atom. The molecular weight excluding hydrogens is 474 g/mol. The molecule has 5 aromatic rings. The molecule has 8 nitrogen and oxygen atoms in total. The number of fused-ring (bicyclic) bond motifs is 3. The molecule has 0 radical (unpaired) electrons. The highest BCUT2D eigenvalue weighted by Gasteiger charge is 2.36. The van der Waals surface area contributed by atoms with Gasteiger partial charge in [-0.15, -0.1) is 0 Å². The molecule has 190 valence electrons. The zero-order chi connectivity index (χ0) is 26.6. The molecule has 0 bridgehead atoms. The monoisotopic (exact) mass is 503 g/mol. The summed E-state index contributed by atoms with van der Waals surface area (Å²) in [5.74, 6) is 1.35. The van der Waals surface area contributed by atoms with Gasteiger partial charge in [-0.25, -0.2) is 19.9 Å². The summed E-state index contributed by atoms with van der Waals surface area (Å²) in [7, 11) is 1.81. The standard InChI is InChI=1S/C30H29N7O/c1-17-6-9-22-27(26(17)19-7-11-24-20(12-19)14-32-29(31-5)36-24)33-16-34-28(22)35-21-8-10-23-25(13-21)37(18(2)38)15-30(23,3)4/h6-14,16H,15H2,1-5H3,(H,31,32,36)(H,33,34,35). The summed E-state index contributed by atoms with van der Waals surface area (Å²) in [4.78, 5) is 32.4. The van der Waals surface area contributed by atoms with Gasteiger partial charge in [0.2, 0.25) is 11.9 Å². The van der Waals surface area contributed by atoms with Gasteiger partial charge in [-0.05, 0) is 53.9 Å². The third kappa shape index (κ3) is 3.89. The number of hydrogen-bond donors (Lipinski definition) is 2. The van der Waals surface area contributed by atoms with Crippen molar-refractivity contribution in [1.82, 2.24) is 19.9 Å². The SMILES string of the molecule is CNc1ncc2cc(-c3c(C)ccc4c(Nc5ccc6c(c5)N(C(C)=O)CC6(C)C)ncnc34)ccc2n1. The van der Waals surface area contributed by atoms with Crippen molar-refractivity contribution in [3.05, 3.63) is 72.2 Å². The van der Waals surface area contributed by atoms with Crippen LogP contribution in [0.5, 0.6) is 0 Å². The predicted octanol–water partition coefficient (Wildman–Crippen LogP) is 5.98. The number of anilines is 4. The minimum Gasteiger partial charge on any atom is -0.357 e. The molecule has 3 aromatic carbocycles. The number of hydrogen-bond acceptors (Lipinski definition) is 7. The van der Waals surface area contributed by atoms with E-state index in [9.17, 15) is 4.79 Å². The summed E-state index contributed by atoms with van der Waals surface area (Å²) in [5, 5.41) is 8.35. The van der Waals surface area contributed by atoms with Gasteiger partial charge in [0.25, 0.3) is 0 Å². The Hall–Kier alpha value is -4.59. The predicted molar refractivity (Wildman–Crippen MR) is 153 cm³/mol. The highest BCUT2D eigenvalue weighted by molar-refractivity contribution is 6.02. The lowest BCUT2D eigenvalue weighted by Crippen LogP contribution is -2.31. The number of amides is 1. The Labute approximate surface area is 221 Å². The summed E-state index contributed by atoms with van der Waals surface area (Å²) in [6.07, 6.45) is 3.43. The summed E-state index contributed by atoms with van der Waals surface area (Å²) >= 11 is 0. The van der Waals surface area contributed by atoms with Crippen molar-refractivity contribution >= 4 is 50.9 Å². The van der Waals surface area contributed by atoms with E-state index in [0.29, 0.717) is 18.3 Å². The van der Waals surface area contributed by atoms with Crippen molar-refractivity contribution in [2.24, 2.45) is 0 Å². The lowest BCUT2D eigenvalue weighted by atomic mass is 9.87. The Morgan fingerprint density at radius 3 is 2.66 bits per heavy atom. The Kier molecular flexibility index (Phi) is 5.48. The smallest absolute Gasteiger partial charge is 0.223 e. The van der Waals surface area contributed by atoms with Gasteiger partial charge >= 0.3 is 0 Å². The van der Waals surface area contributed by atoms with E-state index in [0.717, 1.165) is 49.9 Å². The minimum absolute atomic E-state index is 0.0459. The molecule has 2 aromatic heterocycles. The fourth-order valence-electron chi connectivity index (χ4n) is 5.39. The Morgan fingerprint density at radius 2 is 1.87 bits per heavy atom. The summed E-state index contributed by atoms with van der Waals surface area (Å²) in [6.45, 7) is 8.72. The van der Waals surface area contributed by atoms with Crippen LogP contribution >= 0.6 is 0 Å². The maximum Gasteiger partial charge on any atom is 0.223 e. The van der Waals surface area contributed by atoms with E-state index in [4.69, 9.17) is 4.98 Å². The number of nitrogens with zero attached hydrogens (tertiary/aromatic N) is 5. The van der Waals surface area contributed by atoms with Crippen molar-refractivity contribution in [1.29, 1.82) is 0 Å². The second-order valence-corrected chi connectivity index (χ2v) is 10.4. The molecule has 1 amide bonds. The van der Waals surface area contributed by atoms with Gasteiger partial charge in [0.1, 0.15) is 12.1 Å². The molecule has 0 saturated carbocycles. The first-order chi connectivity index (χ1) is 18.2. The van der Waals surface area contributed by atoms with E-state index in [1.807, 2.05) is 30.3 Å². The molecule has 8 heteroatoms. The number of carbonyl (C=O) groups excluding carboxylic acids is 1. The van der Waals surface area contributed by atoms with E-state index in [-0.39, 0.29) is 11.3 Å². The molecule has 1 aliphatic heterocycles. The van der Waals surface area contributed by atoms with Crippen molar-refractivity contribution in [3.63, 3.8) is 0 Å². The summed E-state index contributed by atoms with van der Waals surface area (Å²) in [5.41, 5.74) is 7.85. The molecule has 0 saturated heterocycles. The average molecular weight is 504 g/mol.